The molecule has 0 saturated carbocycles. The largest absolute Gasteiger partial charge is 0.381 e. The van der Waals surface area contributed by atoms with Crippen molar-refractivity contribution in [1.82, 2.24) is 9.97 Å². The van der Waals surface area contributed by atoms with Crippen LogP contribution in [0.3, 0.4) is 0 Å². The van der Waals surface area contributed by atoms with Crippen molar-refractivity contribution in [3.8, 4) is 10.6 Å². The van der Waals surface area contributed by atoms with Crippen LogP contribution >= 0.6 is 11.3 Å². The lowest BCUT2D eigenvalue weighted by atomic mass is 9.95. The minimum atomic E-state index is 0.739. The molecule has 4 heteroatoms. The molecule has 0 unspecified atom stereocenters. The van der Waals surface area contributed by atoms with Crippen molar-refractivity contribution >= 4 is 11.3 Å². The van der Waals surface area contributed by atoms with E-state index in [1.165, 1.54) is 24.1 Å². The first-order chi connectivity index (χ1) is 9.31. The van der Waals surface area contributed by atoms with Gasteiger partial charge in [-0.1, -0.05) is 0 Å². The van der Waals surface area contributed by atoms with Crippen LogP contribution in [0.5, 0.6) is 0 Å². The number of pyridine rings is 1. The predicted molar refractivity (Wildman–Crippen MR) is 77.3 cm³/mol. The smallest absolute Gasteiger partial charge is 0.123 e. The lowest BCUT2D eigenvalue weighted by molar-refractivity contribution is 0.0663. The highest BCUT2D eigenvalue weighted by atomic mass is 32.1. The van der Waals surface area contributed by atoms with E-state index in [0.717, 1.165) is 36.3 Å². The van der Waals surface area contributed by atoms with Gasteiger partial charge in [0, 0.05) is 36.0 Å². The summed E-state index contributed by atoms with van der Waals surface area (Å²) in [6, 6.07) is 4.13. The molecule has 1 fully saturated rings. The van der Waals surface area contributed by atoms with Gasteiger partial charge in [0.25, 0.3) is 0 Å². The van der Waals surface area contributed by atoms with Crippen LogP contribution < -0.4 is 0 Å². The minimum Gasteiger partial charge on any atom is -0.381 e. The molecule has 100 valence electrons. The van der Waals surface area contributed by atoms with E-state index in [-0.39, 0.29) is 0 Å². The molecule has 0 bridgehead atoms. The van der Waals surface area contributed by atoms with Gasteiger partial charge in [-0.05, 0) is 44.2 Å². The highest BCUT2D eigenvalue weighted by molar-refractivity contribution is 7.13. The van der Waals surface area contributed by atoms with Crippen LogP contribution in [0.15, 0.2) is 23.7 Å². The molecule has 1 saturated heterocycles. The molecular weight excluding hydrogens is 256 g/mol. The fourth-order valence-corrected chi connectivity index (χ4v) is 3.29. The number of aromatic nitrogens is 2. The molecule has 3 rings (SSSR count). The van der Waals surface area contributed by atoms with Gasteiger partial charge in [0.15, 0.2) is 0 Å². The summed E-state index contributed by atoms with van der Waals surface area (Å²) < 4.78 is 5.40. The molecule has 0 aliphatic carbocycles. The van der Waals surface area contributed by atoms with Crippen LogP contribution in [-0.2, 0) is 11.2 Å². The van der Waals surface area contributed by atoms with E-state index in [4.69, 9.17) is 9.72 Å². The Morgan fingerprint density at radius 2 is 2.21 bits per heavy atom. The molecule has 0 amide bonds. The number of hydrogen-bond acceptors (Lipinski definition) is 4. The second kappa shape index (κ2) is 5.80. The molecule has 0 spiro atoms. The van der Waals surface area contributed by atoms with E-state index >= 15 is 0 Å². The molecule has 0 atom stereocenters. The van der Waals surface area contributed by atoms with Crippen molar-refractivity contribution in [1.29, 1.82) is 0 Å². The summed E-state index contributed by atoms with van der Waals surface area (Å²) >= 11 is 1.73. The maximum Gasteiger partial charge on any atom is 0.123 e. The van der Waals surface area contributed by atoms with Gasteiger partial charge in [0.05, 0.1) is 5.69 Å². The molecule has 2 aromatic rings. The molecular formula is C15H18N2OS. The third kappa shape index (κ3) is 3.19. The van der Waals surface area contributed by atoms with Crippen molar-refractivity contribution in [2.24, 2.45) is 5.92 Å². The first-order valence-electron chi connectivity index (χ1n) is 6.76. The van der Waals surface area contributed by atoms with Crippen molar-refractivity contribution in [2.45, 2.75) is 26.2 Å². The van der Waals surface area contributed by atoms with Crippen LogP contribution in [0.2, 0.25) is 0 Å². The average molecular weight is 274 g/mol. The fraction of sp³-hybridized carbons (Fsp3) is 0.467. The Kier molecular flexibility index (Phi) is 3.89. The standard InChI is InChI=1S/C15H18N2OS/c1-11-8-13(2-5-16-11)15-17-14(10-19-15)9-12-3-6-18-7-4-12/h2,5,8,10,12H,3-4,6-7,9H2,1H3. The van der Waals surface area contributed by atoms with E-state index in [9.17, 15) is 0 Å². The first kappa shape index (κ1) is 12.8. The Morgan fingerprint density at radius 3 is 3.00 bits per heavy atom. The summed E-state index contributed by atoms with van der Waals surface area (Å²) in [5.41, 5.74) is 3.44. The van der Waals surface area contributed by atoms with Crippen LogP contribution in [0.4, 0.5) is 0 Å². The summed E-state index contributed by atoms with van der Waals surface area (Å²) in [4.78, 5) is 8.99. The SMILES string of the molecule is Cc1cc(-c2nc(CC3CCOCC3)cs2)ccn1. The highest BCUT2D eigenvalue weighted by Crippen LogP contribution is 2.26. The van der Waals surface area contributed by atoms with Crippen molar-refractivity contribution < 1.29 is 4.74 Å². The molecule has 3 nitrogen and oxygen atoms in total. The Morgan fingerprint density at radius 1 is 1.37 bits per heavy atom. The van der Waals surface area contributed by atoms with E-state index in [1.807, 2.05) is 19.2 Å². The van der Waals surface area contributed by atoms with Crippen molar-refractivity contribution in [3.63, 3.8) is 0 Å². The van der Waals surface area contributed by atoms with Gasteiger partial charge < -0.3 is 4.74 Å². The third-order valence-electron chi connectivity index (χ3n) is 3.53. The predicted octanol–water partition coefficient (Wildman–Crippen LogP) is 3.48. The molecule has 0 radical (unpaired) electrons. The summed E-state index contributed by atoms with van der Waals surface area (Å²) in [5.74, 6) is 0.739. The van der Waals surface area contributed by atoms with E-state index in [0.29, 0.717) is 0 Å². The molecule has 3 heterocycles. The second-order valence-electron chi connectivity index (χ2n) is 5.09. The minimum absolute atomic E-state index is 0.739. The number of ether oxygens (including phenoxy) is 1. The zero-order valence-corrected chi connectivity index (χ0v) is 11.9. The number of hydrogen-bond donors (Lipinski definition) is 0. The Bertz CT molecular complexity index is 547. The quantitative estimate of drug-likeness (QED) is 0.859. The molecule has 0 N–H and O–H groups in total. The summed E-state index contributed by atoms with van der Waals surface area (Å²) in [7, 11) is 0. The summed E-state index contributed by atoms with van der Waals surface area (Å²) in [6.07, 6.45) is 5.27. The monoisotopic (exact) mass is 274 g/mol. The number of nitrogens with zero attached hydrogens (tertiary/aromatic N) is 2. The Hall–Kier alpha value is -1.26. The van der Waals surface area contributed by atoms with Crippen LogP contribution in [0.25, 0.3) is 10.6 Å². The van der Waals surface area contributed by atoms with Gasteiger partial charge in [0.1, 0.15) is 5.01 Å². The van der Waals surface area contributed by atoms with Crippen LogP contribution in [0, 0.1) is 12.8 Å². The van der Waals surface area contributed by atoms with Gasteiger partial charge in [-0.3, -0.25) is 4.98 Å². The zero-order chi connectivity index (χ0) is 13.1. The molecule has 1 aliphatic heterocycles. The number of aryl methyl sites for hydroxylation is 1. The third-order valence-corrected chi connectivity index (χ3v) is 4.47. The lowest BCUT2D eigenvalue weighted by Crippen LogP contribution is -2.17. The summed E-state index contributed by atoms with van der Waals surface area (Å²) in [5, 5.41) is 3.30. The lowest BCUT2D eigenvalue weighted by Gasteiger charge is -2.20. The molecule has 19 heavy (non-hydrogen) atoms. The van der Waals surface area contributed by atoms with Crippen LogP contribution in [-0.4, -0.2) is 23.2 Å². The fourth-order valence-electron chi connectivity index (χ4n) is 2.46. The maximum atomic E-state index is 5.40. The van der Waals surface area contributed by atoms with Gasteiger partial charge in [-0.15, -0.1) is 11.3 Å². The van der Waals surface area contributed by atoms with Gasteiger partial charge in [-0.2, -0.15) is 0 Å². The van der Waals surface area contributed by atoms with E-state index in [1.54, 1.807) is 11.3 Å². The van der Waals surface area contributed by atoms with E-state index in [2.05, 4.69) is 16.4 Å². The topological polar surface area (TPSA) is 35.0 Å². The van der Waals surface area contributed by atoms with E-state index < -0.39 is 0 Å². The van der Waals surface area contributed by atoms with Crippen molar-refractivity contribution in [3.05, 3.63) is 35.1 Å². The zero-order valence-electron chi connectivity index (χ0n) is 11.1. The van der Waals surface area contributed by atoms with Gasteiger partial charge in [0.2, 0.25) is 0 Å². The Labute approximate surface area is 117 Å². The van der Waals surface area contributed by atoms with Gasteiger partial charge >= 0.3 is 0 Å². The summed E-state index contributed by atoms with van der Waals surface area (Å²) in [6.45, 7) is 3.83. The maximum absolute atomic E-state index is 5.40. The molecule has 2 aromatic heterocycles. The Balaban J connectivity index is 1.72. The first-order valence-corrected chi connectivity index (χ1v) is 7.64. The average Bonchev–Trinajstić information content (AvgIpc) is 2.88. The molecule has 1 aliphatic rings. The van der Waals surface area contributed by atoms with Crippen LogP contribution in [0.1, 0.15) is 24.2 Å². The number of thiazole rings is 1. The second-order valence-corrected chi connectivity index (χ2v) is 5.95. The molecule has 0 aromatic carbocycles. The van der Waals surface area contributed by atoms with Gasteiger partial charge in [-0.25, -0.2) is 4.98 Å². The van der Waals surface area contributed by atoms with Crippen molar-refractivity contribution in [2.75, 3.05) is 13.2 Å². The normalized spacial score (nSPS) is 16.7. The highest BCUT2D eigenvalue weighted by Gasteiger charge is 2.16. The number of rotatable bonds is 3.